The number of nitrogens with zero attached hydrogens (tertiary/aromatic N) is 3. The number of ether oxygens (including phenoxy) is 2. The van der Waals surface area contributed by atoms with Gasteiger partial charge in [0.15, 0.2) is 5.82 Å². The highest BCUT2D eigenvalue weighted by atomic mass is 32.2. The number of carbonyl (C=O) groups is 1. The van der Waals surface area contributed by atoms with Gasteiger partial charge in [0.2, 0.25) is 11.1 Å². The Morgan fingerprint density at radius 3 is 2.72 bits per heavy atom. The molecule has 3 rings (SSSR count). The minimum atomic E-state index is -0.140. The van der Waals surface area contributed by atoms with Crippen LogP contribution in [0.2, 0.25) is 0 Å². The number of methoxy groups -OCH3 is 1. The van der Waals surface area contributed by atoms with Gasteiger partial charge in [0.05, 0.1) is 12.9 Å². The third-order valence-electron chi connectivity index (χ3n) is 4.13. The summed E-state index contributed by atoms with van der Waals surface area (Å²) in [5.74, 6) is 7.84. The molecule has 0 spiro atoms. The van der Waals surface area contributed by atoms with E-state index in [0.717, 1.165) is 16.8 Å². The van der Waals surface area contributed by atoms with Gasteiger partial charge in [0.25, 0.3) is 0 Å². The molecule has 0 fully saturated rings. The first-order valence-corrected chi connectivity index (χ1v) is 9.91. The number of anilines is 1. The van der Waals surface area contributed by atoms with Crippen LogP contribution in [0.5, 0.6) is 11.5 Å². The van der Waals surface area contributed by atoms with Gasteiger partial charge in [0.1, 0.15) is 18.1 Å². The Morgan fingerprint density at radius 1 is 1.17 bits per heavy atom. The number of benzene rings is 2. The molecule has 0 atom stereocenters. The van der Waals surface area contributed by atoms with Gasteiger partial charge in [-0.15, -0.1) is 10.2 Å². The quantitative estimate of drug-likeness (QED) is 0.432. The summed E-state index contributed by atoms with van der Waals surface area (Å²) in [7, 11) is 1.59. The minimum absolute atomic E-state index is 0.140. The van der Waals surface area contributed by atoms with Crippen molar-refractivity contribution in [1.29, 1.82) is 0 Å². The molecule has 0 radical (unpaired) electrons. The van der Waals surface area contributed by atoms with Crippen molar-refractivity contribution in [2.45, 2.75) is 25.6 Å². The molecular weight excluding hydrogens is 390 g/mol. The molecule has 29 heavy (non-hydrogen) atoms. The first-order valence-electron chi connectivity index (χ1n) is 8.92. The number of amides is 1. The highest BCUT2D eigenvalue weighted by Gasteiger charge is 2.13. The molecule has 0 unspecified atom stereocenters. The van der Waals surface area contributed by atoms with Crippen molar-refractivity contribution in [3.8, 4) is 11.5 Å². The number of aromatic nitrogens is 3. The second-order valence-electron chi connectivity index (χ2n) is 6.39. The van der Waals surface area contributed by atoms with Crippen LogP contribution in [0.15, 0.2) is 47.6 Å². The first kappa shape index (κ1) is 20.5. The third-order valence-corrected chi connectivity index (χ3v) is 5.08. The summed E-state index contributed by atoms with van der Waals surface area (Å²) < 4.78 is 12.2. The zero-order chi connectivity index (χ0) is 20.8. The Labute approximate surface area is 173 Å². The van der Waals surface area contributed by atoms with E-state index in [1.807, 2.05) is 50.2 Å². The van der Waals surface area contributed by atoms with E-state index in [0.29, 0.717) is 22.5 Å². The van der Waals surface area contributed by atoms with Crippen LogP contribution in [-0.2, 0) is 11.4 Å². The second-order valence-corrected chi connectivity index (χ2v) is 7.33. The van der Waals surface area contributed by atoms with E-state index in [2.05, 4.69) is 15.5 Å². The molecule has 0 saturated heterocycles. The average molecular weight is 414 g/mol. The molecule has 0 bridgehead atoms. The minimum Gasteiger partial charge on any atom is -0.497 e. The van der Waals surface area contributed by atoms with Crippen LogP contribution in [0, 0.1) is 13.8 Å². The van der Waals surface area contributed by atoms with Crippen LogP contribution in [0.1, 0.15) is 17.0 Å². The van der Waals surface area contributed by atoms with Crippen LogP contribution < -0.4 is 20.6 Å². The normalized spacial score (nSPS) is 10.6. The maximum atomic E-state index is 12.2. The fraction of sp³-hybridized carbons (Fsp3) is 0.250. The molecule has 1 heterocycles. The highest BCUT2D eigenvalue weighted by Crippen LogP contribution is 2.21. The summed E-state index contributed by atoms with van der Waals surface area (Å²) in [6.07, 6.45) is 0. The Bertz CT molecular complexity index is 1010. The lowest BCUT2D eigenvalue weighted by molar-refractivity contribution is -0.113. The molecule has 1 amide bonds. The number of rotatable bonds is 8. The summed E-state index contributed by atoms with van der Waals surface area (Å²) >= 11 is 1.21. The lowest BCUT2D eigenvalue weighted by Gasteiger charge is -2.09. The molecular formula is C20H23N5O3S. The van der Waals surface area contributed by atoms with E-state index in [9.17, 15) is 4.79 Å². The lowest BCUT2D eigenvalue weighted by atomic mass is 10.1. The maximum absolute atomic E-state index is 12.2. The summed E-state index contributed by atoms with van der Waals surface area (Å²) in [4.78, 5) is 12.2. The first-order chi connectivity index (χ1) is 14.0. The lowest BCUT2D eigenvalue weighted by Crippen LogP contribution is -2.18. The summed E-state index contributed by atoms with van der Waals surface area (Å²) in [5.41, 5.74) is 2.96. The fourth-order valence-electron chi connectivity index (χ4n) is 2.61. The number of carbonyl (C=O) groups excluding carboxylic acids is 1. The van der Waals surface area contributed by atoms with Gasteiger partial charge in [-0.25, -0.2) is 4.68 Å². The number of aryl methyl sites for hydroxylation is 2. The smallest absolute Gasteiger partial charge is 0.234 e. The highest BCUT2D eigenvalue weighted by molar-refractivity contribution is 7.99. The Morgan fingerprint density at radius 2 is 1.97 bits per heavy atom. The van der Waals surface area contributed by atoms with Crippen molar-refractivity contribution in [1.82, 2.24) is 14.9 Å². The Hall–Kier alpha value is -3.20. The summed E-state index contributed by atoms with van der Waals surface area (Å²) in [5, 5.41) is 11.4. The van der Waals surface area contributed by atoms with Gasteiger partial charge in [0, 0.05) is 11.8 Å². The zero-order valence-electron chi connectivity index (χ0n) is 16.5. The molecule has 9 heteroatoms. The predicted molar refractivity (Wildman–Crippen MR) is 113 cm³/mol. The van der Waals surface area contributed by atoms with Crippen molar-refractivity contribution in [3.05, 3.63) is 59.4 Å². The van der Waals surface area contributed by atoms with E-state index in [1.54, 1.807) is 13.2 Å². The van der Waals surface area contributed by atoms with Crippen LogP contribution in [0.3, 0.4) is 0 Å². The van der Waals surface area contributed by atoms with Crippen molar-refractivity contribution in [2.75, 3.05) is 24.0 Å². The van der Waals surface area contributed by atoms with E-state index >= 15 is 0 Å². The molecule has 152 valence electrons. The largest absolute Gasteiger partial charge is 0.497 e. The van der Waals surface area contributed by atoms with Gasteiger partial charge in [-0.1, -0.05) is 35.5 Å². The fourth-order valence-corrected chi connectivity index (χ4v) is 3.29. The van der Waals surface area contributed by atoms with Crippen LogP contribution in [-0.4, -0.2) is 33.6 Å². The molecule has 2 aromatic carbocycles. The molecule has 3 N–H and O–H groups in total. The van der Waals surface area contributed by atoms with Gasteiger partial charge in [-0.05, 0) is 37.6 Å². The van der Waals surface area contributed by atoms with E-state index < -0.39 is 0 Å². The molecule has 8 nitrogen and oxygen atoms in total. The second kappa shape index (κ2) is 9.33. The number of thioether (sulfide) groups is 1. The molecule has 0 aliphatic carbocycles. The molecule has 0 aliphatic rings. The number of hydrogen-bond acceptors (Lipinski definition) is 7. The van der Waals surface area contributed by atoms with Crippen molar-refractivity contribution >= 4 is 23.4 Å². The van der Waals surface area contributed by atoms with Gasteiger partial charge in [-0.2, -0.15) is 0 Å². The summed E-state index contributed by atoms with van der Waals surface area (Å²) in [6, 6.07) is 13.1. The number of nitrogens with two attached hydrogens (primary N) is 1. The number of nitrogen functional groups attached to an aromatic ring is 1. The Kier molecular flexibility index (Phi) is 6.61. The SMILES string of the molecule is COc1cccc(OCc2nnc(SCC(=O)Nc3ccc(C)cc3C)n2N)c1. The van der Waals surface area contributed by atoms with Crippen molar-refractivity contribution in [2.24, 2.45) is 0 Å². The number of nitrogens with one attached hydrogen (secondary N) is 1. The monoisotopic (exact) mass is 413 g/mol. The van der Waals surface area contributed by atoms with Gasteiger partial charge >= 0.3 is 0 Å². The van der Waals surface area contributed by atoms with Crippen molar-refractivity contribution in [3.63, 3.8) is 0 Å². The van der Waals surface area contributed by atoms with Crippen LogP contribution in [0.4, 0.5) is 5.69 Å². The van der Waals surface area contributed by atoms with Crippen molar-refractivity contribution < 1.29 is 14.3 Å². The Balaban J connectivity index is 1.54. The maximum Gasteiger partial charge on any atom is 0.234 e. The van der Waals surface area contributed by atoms with Crippen LogP contribution >= 0.6 is 11.8 Å². The third kappa shape index (κ3) is 5.41. The predicted octanol–water partition coefficient (Wildman–Crippen LogP) is 2.93. The number of hydrogen-bond donors (Lipinski definition) is 2. The molecule has 0 aliphatic heterocycles. The zero-order valence-corrected chi connectivity index (χ0v) is 17.3. The topological polar surface area (TPSA) is 104 Å². The van der Waals surface area contributed by atoms with Gasteiger partial charge in [-0.3, -0.25) is 4.79 Å². The molecule has 3 aromatic rings. The van der Waals surface area contributed by atoms with E-state index in [4.69, 9.17) is 15.3 Å². The average Bonchev–Trinajstić information content (AvgIpc) is 3.06. The summed E-state index contributed by atoms with van der Waals surface area (Å²) in [6.45, 7) is 4.12. The van der Waals surface area contributed by atoms with E-state index in [1.165, 1.54) is 16.4 Å². The molecule has 1 aromatic heterocycles. The van der Waals surface area contributed by atoms with E-state index in [-0.39, 0.29) is 18.3 Å². The molecule has 0 saturated carbocycles. The standard InChI is InChI=1S/C20H23N5O3S/c1-13-7-8-17(14(2)9-13)22-19(26)12-29-20-24-23-18(25(20)21)11-28-16-6-4-5-15(10-16)27-3/h4-10H,11-12,21H2,1-3H3,(H,22,26). The van der Waals surface area contributed by atoms with Gasteiger partial charge < -0.3 is 20.6 Å². The van der Waals surface area contributed by atoms with Crippen LogP contribution in [0.25, 0.3) is 0 Å².